The minimum Gasteiger partial charge on any atom is -0.317 e. The van der Waals surface area contributed by atoms with Gasteiger partial charge in [-0.1, -0.05) is 36.2 Å². The van der Waals surface area contributed by atoms with E-state index < -0.39 is 0 Å². The number of aryl methyl sites for hydroxylation is 1. The van der Waals surface area contributed by atoms with Gasteiger partial charge in [0.05, 0.1) is 0 Å². The average Bonchev–Trinajstić information content (AvgIpc) is 2.69. The predicted molar refractivity (Wildman–Crippen MR) is 65.1 cm³/mol. The molecule has 82 valence electrons. The molecule has 0 aliphatic heterocycles. The Labute approximate surface area is 92.9 Å². The van der Waals surface area contributed by atoms with E-state index in [1.165, 1.54) is 36.8 Å². The zero-order valence-electron chi connectivity index (χ0n) is 9.79. The van der Waals surface area contributed by atoms with Crippen LogP contribution in [0.5, 0.6) is 0 Å². The molecule has 2 rings (SSSR count). The molecule has 1 fully saturated rings. The third kappa shape index (κ3) is 2.60. The molecule has 0 saturated heterocycles. The van der Waals surface area contributed by atoms with Crippen LogP contribution in [0, 0.1) is 12.8 Å². The maximum absolute atomic E-state index is 3.45. The number of benzene rings is 1. The topological polar surface area (TPSA) is 12.0 Å². The molecule has 1 aliphatic carbocycles. The van der Waals surface area contributed by atoms with Crippen LogP contribution in [0.25, 0.3) is 0 Å². The van der Waals surface area contributed by atoms with E-state index in [0.29, 0.717) is 0 Å². The van der Waals surface area contributed by atoms with E-state index in [1.54, 1.807) is 0 Å². The van der Waals surface area contributed by atoms with Crippen molar-refractivity contribution in [1.82, 2.24) is 5.32 Å². The second kappa shape index (κ2) is 4.80. The standard InChI is InChI=1S/C14H21N/c1-11-6-8-12(9-7-11)10-13-4-3-5-14(13)15-2/h6-9,13-15H,3-5,10H2,1-2H3. The number of hydrogen-bond donors (Lipinski definition) is 1. The van der Waals surface area contributed by atoms with E-state index in [2.05, 4.69) is 43.6 Å². The fourth-order valence-electron chi connectivity index (χ4n) is 2.69. The van der Waals surface area contributed by atoms with Crippen molar-refractivity contribution < 1.29 is 0 Å². The molecule has 1 aromatic rings. The van der Waals surface area contributed by atoms with Crippen molar-refractivity contribution in [2.45, 2.75) is 38.6 Å². The van der Waals surface area contributed by atoms with Gasteiger partial charge in [-0.15, -0.1) is 0 Å². The lowest BCUT2D eigenvalue weighted by Crippen LogP contribution is -2.29. The van der Waals surface area contributed by atoms with Gasteiger partial charge >= 0.3 is 0 Å². The van der Waals surface area contributed by atoms with Crippen LogP contribution in [0.4, 0.5) is 0 Å². The summed E-state index contributed by atoms with van der Waals surface area (Å²) >= 11 is 0. The molecule has 1 aromatic carbocycles. The largest absolute Gasteiger partial charge is 0.317 e. The highest BCUT2D eigenvalue weighted by Crippen LogP contribution is 2.28. The summed E-state index contributed by atoms with van der Waals surface area (Å²) in [6.07, 6.45) is 5.38. The summed E-state index contributed by atoms with van der Waals surface area (Å²) in [4.78, 5) is 0. The highest BCUT2D eigenvalue weighted by Gasteiger charge is 2.25. The van der Waals surface area contributed by atoms with Gasteiger partial charge in [-0.2, -0.15) is 0 Å². The van der Waals surface area contributed by atoms with Crippen LogP contribution in [-0.2, 0) is 6.42 Å². The summed E-state index contributed by atoms with van der Waals surface area (Å²) in [7, 11) is 2.10. The molecule has 0 radical (unpaired) electrons. The molecule has 0 heterocycles. The van der Waals surface area contributed by atoms with Crippen molar-refractivity contribution >= 4 is 0 Å². The Morgan fingerprint density at radius 3 is 2.60 bits per heavy atom. The van der Waals surface area contributed by atoms with Gasteiger partial charge in [-0.05, 0) is 44.7 Å². The van der Waals surface area contributed by atoms with E-state index in [9.17, 15) is 0 Å². The lowest BCUT2D eigenvalue weighted by Gasteiger charge is -2.18. The molecule has 1 heteroatoms. The molecule has 2 unspecified atom stereocenters. The van der Waals surface area contributed by atoms with Crippen LogP contribution < -0.4 is 5.32 Å². The first-order chi connectivity index (χ1) is 7.29. The minimum absolute atomic E-state index is 0.742. The molecule has 0 aromatic heterocycles. The van der Waals surface area contributed by atoms with Crippen LogP contribution >= 0.6 is 0 Å². The second-order valence-corrected chi connectivity index (χ2v) is 4.78. The van der Waals surface area contributed by atoms with E-state index in [4.69, 9.17) is 0 Å². The maximum Gasteiger partial charge on any atom is 0.00955 e. The van der Waals surface area contributed by atoms with Gasteiger partial charge in [0.2, 0.25) is 0 Å². The van der Waals surface area contributed by atoms with Crippen LogP contribution in [0.2, 0.25) is 0 Å². The Hall–Kier alpha value is -0.820. The van der Waals surface area contributed by atoms with Gasteiger partial charge in [-0.3, -0.25) is 0 Å². The molecule has 1 aliphatic rings. The Morgan fingerprint density at radius 2 is 1.93 bits per heavy atom. The van der Waals surface area contributed by atoms with Crippen LogP contribution in [0.3, 0.4) is 0 Å². The van der Waals surface area contributed by atoms with Crippen LogP contribution in [0.1, 0.15) is 30.4 Å². The summed E-state index contributed by atoms with van der Waals surface area (Å²) in [6.45, 7) is 2.15. The first kappa shape index (κ1) is 10.7. The van der Waals surface area contributed by atoms with Gasteiger partial charge in [0.1, 0.15) is 0 Å². The highest BCUT2D eigenvalue weighted by atomic mass is 14.9. The van der Waals surface area contributed by atoms with Crippen molar-refractivity contribution in [2.75, 3.05) is 7.05 Å². The molecule has 15 heavy (non-hydrogen) atoms. The van der Waals surface area contributed by atoms with Crippen molar-refractivity contribution in [1.29, 1.82) is 0 Å². The molecular weight excluding hydrogens is 182 g/mol. The molecule has 1 N–H and O–H groups in total. The van der Waals surface area contributed by atoms with Crippen molar-refractivity contribution in [2.24, 2.45) is 5.92 Å². The molecule has 0 amide bonds. The molecule has 0 bridgehead atoms. The fraction of sp³-hybridized carbons (Fsp3) is 0.571. The molecular formula is C14H21N. The Bertz CT molecular complexity index is 302. The molecule has 2 atom stereocenters. The quantitative estimate of drug-likeness (QED) is 0.796. The summed E-state index contributed by atoms with van der Waals surface area (Å²) in [5, 5.41) is 3.45. The lowest BCUT2D eigenvalue weighted by molar-refractivity contribution is 0.423. The van der Waals surface area contributed by atoms with Crippen LogP contribution in [0.15, 0.2) is 24.3 Å². The van der Waals surface area contributed by atoms with Crippen molar-refractivity contribution in [3.63, 3.8) is 0 Å². The van der Waals surface area contributed by atoms with Gasteiger partial charge in [0, 0.05) is 6.04 Å². The van der Waals surface area contributed by atoms with E-state index >= 15 is 0 Å². The molecule has 0 spiro atoms. The summed E-state index contributed by atoms with van der Waals surface area (Å²) < 4.78 is 0. The third-order valence-corrected chi connectivity index (χ3v) is 3.65. The lowest BCUT2D eigenvalue weighted by atomic mass is 9.94. The summed E-state index contributed by atoms with van der Waals surface area (Å²) in [6, 6.07) is 9.74. The third-order valence-electron chi connectivity index (χ3n) is 3.65. The van der Waals surface area contributed by atoms with Gasteiger partial charge in [0.25, 0.3) is 0 Å². The normalized spacial score (nSPS) is 25.7. The molecule has 1 saturated carbocycles. The van der Waals surface area contributed by atoms with Gasteiger partial charge in [-0.25, -0.2) is 0 Å². The monoisotopic (exact) mass is 203 g/mol. The van der Waals surface area contributed by atoms with Gasteiger partial charge in [0.15, 0.2) is 0 Å². The molecule has 1 nitrogen and oxygen atoms in total. The van der Waals surface area contributed by atoms with E-state index in [0.717, 1.165) is 12.0 Å². The van der Waals surface area contributed by atoms with Gasteiger partial charge < -0.3 is 5.32 Å². The van der Waals surface area contributed by atoms with Crippen LogP contribution in [-0.4, -0.2) is 13.1 Å². The highest BCUT2D eigenvalue weighted by molar-refractivity contribution is 5.22. The van der Waals surface area contributed by atoms with Crippen molar-refractivity contribution in [3.8, 4) is 0 Å². The van der Waals surface area contributed by atoms with Crippen molar-refractivity contribution in [3.05, 3.63) is 35.4 Å². The average molecular weight is 203 g/mol. The number of nitrogens with one attached hydrogen (secondary N) is 1. The van der Waals surface area contributed by atoms with E-state index in [-0.39, 0.29) is 0 Å². The summed E-state index contributed by atoms with van der Waals surface area (Å²) in [5.74, 6) is 0.845. The first-order valence-corrected chi connectivity index (χ1v) is 6.02. The summed E-state index contributed by atoms with van der Waals surface area (Å²) in [5.41, 5.74) is 2.85. The minimum atomic E-state index is 0.742. The Balaban J connectivity index is 1.99. The number of hydrogen-bond acceptors (Lipinski definition) is 1. The predicted octanol–water partition coefficient (Wildman–Crippen LogP) is 2.93. The fourth-order valence-corrected chi connectivity index (χ4v) is 2.69. The zero-order valence-corrected chi connectivity index (χ0v) is 9.79. The number of rotatable bonds is 3. The SMILES string of the molecule is CNC1CCCC1Cc1ccc(C)cc1. The first-order valence-electron chi connectivity index (χ1n) is 6.02. The Kier molecular flexibility index (Phi) is 3.42. The smallest absolute Gasteiger partial charge is 0.00955 e. The Morgan fingerprint density at radius 1 is 1.20 bits per heavy atom. The van der Waals surface area contributed by atoms with E-state index in [1.807, 2.05) is 0 Å². The zero-order chi connectivity index (χ0) is 10.7. The maximum atomic E-state index is 3.45. The second-order valence-electron chi connectivity index (χ2n) is 4.78.